The molecule has 0 amide bonds. The summed E-state index contributed by atoms with van der Waals surface area (Å²) in [4.78, 5) is 12.4. The van der Waals surface area contributed by atoms with E-state index in [1.807, 2.05) is 78.9 Å². The highest BCUT2D eigenvalue weighted by Crippen LogP contribution is 2.45. The number of aromatic nitrogens is 2. The summed E-state index contributed by atoms with van der Waals surface area (Å²) >= 11 is 0. The Morgan fingerprint density at radius 1 is 0.793 bits per heavy atom. The first-order chi connectivity index (χ1) is 14.3. The largest absolute Gasteiger partial charge is 0.425 e. The molecule has 0 aliphatic carbocycles. The van der Waals surface area contributed by atoms with Gasteiger partial charge in [0.15, 0.2) is 0 Å². The van der Waals surface area contributed by atoms with Crippen molar-refractivity contribution in [2.24, 2.45) is 0 Å². The molecule has 0 aliphatic rings. The first-order valence-corrected chi connectivity index (χ1v) is 9.64. The van der Waals surface area contributed by atoms with E-state index in [1.165, 1.54) is 0 Å². The lowest BCUT2D eigenvalue weighted by Gasteiger charge is -2.17. The Labute approximate surface area is 167 Å². The number of ether oxygens (including phenoxy) is 1. The topological polar surface area (TPSA) is 52.1 Å². The number of hydrogen-bond donors (Lipinski definition) is 0. The maximum atomic E-state index is 12.4. The molecular weight excluding hydrogens is 360 g/mol. The van der Waals surface area contributed by atoms with E-state index in [1.54, 1.807) is 6.92 Å². The highest BCUT2D eigenvalue weighted by atomic mass is 16.5. The van der Waals surface area contributed by atoms with E-state index in [0.717, 1.165) is 43.7 Å². The van der Waals surface area contributed by atoms with Gasteiger partial charge in [-0.3, -0.25) is 4.79 Å². The van der Waals surface area contributed by atoms with Gasteiger partial charge < -0.3 is 4.74 Å². The lowest BCUT2D eigenvalue weighted by atomic mass is 9.92. The second kappa shape index (κ2) is 6.99. The lowest BCUT2D eigenvalue weighted by Crippen LogP contribution is -2.08. The maximum Gasteiger partial charge on any atom is 0.310 e. The molecule has 0 bridgehead atoms. The fourth-order valence-corrected chi connectivity index (χ4v) is 3.80. The zero-order valence-electron chi connectivity index (χ0n) is 15.9. The number of rotatable bonds is 3. The van der Waals surface area contributed by atoms with Crippen LogP contribution in [0.25, 0.3) is 43.7 Å². The van der Waals surface area contributed by atoms with Gasteiger partial charge in [0.25, 0.3) is 0 Å². The lowest BCUT2D eigenvalue weighted by molar-refractivity contribution is -0.133. The molecule has 0 aliphatic heterocycles. The molecule has 1 heterocycles. The fraction of sp³-hybridized carbons (Fsp3) is 0.0800. The SMILES string of the molecule is CCC(=O)Oc1c(-c2ccccc2)c2c3ccccc3nnc2c2ccccc12. The van der Waals surface area contributed by atoms with Gasteiger partial charge in [0.2, 0.25) is 0 Å². The molecule has 4 aromatic carbocycles. The molecule has 0 saturated carbocycles. The summed E-state index contributed by atoms with van der Waals surface area (Å²) in [7, 11) is 0. The highest BCUT2D eigenvalue weighted by molar-refractivity contribution is 6.23. The molecule has 1 aromatic heterocycles. The normalized spacial score (nSPS) is 11.2. The van der Waals surface area contributed by atoms with Crippen LogP contribution in [0.1, 0.15) is 13.3 Å². The van der Waals surface area contributed by atoms with Crippen molar-refractivity contribution in [3.8, 4) is 16.9 Å². The maximum absolute atomic E-state index is 12.4. The smallest absolute Gasteiger partial charge is 0.310 e. The van der Waals surface area contributed by atoms with Crippen molar-refractivity contribution in [2.75, 3.05) is 0 Å². The fourth-order valence-electron chi connectivity index (χ4n) is 3.80. The third kappa shape index (κ3) is 2.81. The number of fused-ring (bicyclic) bond motifs is 5. The summed E-state index contributed by atoms with van der Waals surface area (Å²) in [5, 5.41) is 12.7. The summed E-state index contributed by atoms with van der Waals surface area (Å²) < 4.78 is 5.93. The zero-order chi connectivity index (χ0) is 19.8. The molecule has 29 heavy (non-hydrogen) atoms. The van der Waals surface area contributed by atoms with Gasteiger partial charge in [-0.05, 0) is 11.6 Å². The van der Waals surface area contributed by atoms with E-state index in [-0.39, 0.29) is 5.97 Å². The van der Waals surface area contributed by atoms with Crippen LogP contribution in [0.4, 0.5) is 0 Å². The van der Waals surface area contributed by atoms with Crippen molar-refractivity contribution in [1.82, 2.24) is 10.2 Å². The van der Waals surface area contributed by atoms with Gasteiger partial charge in [0.05, 0.1) is 5.52 Å². The summed E-state index contributed by atoms with van der Waals surface area (Å²) in [6.07, 6.45) is 0.302. The molecule has 4 heteroatoms. The Bertz CT molecular complexity index is 1380. The number of carbonyl (C=O) groups is 1. The molecule has 5 rings (SSSR count). The van der Waals surface area contributed by atoms with Crippen LogP contribution in [0, 0.1) is 0 Å². The number of hydrogen-bond acceptors (Lipinski definition) is 4. The second-order valence-electron chi connectivity index (χ2n) is 6.88. The minimum absolute atomic E-state index is 0.266. The Morgan fingerprint density at radius 3 is 2.21 bits per heavy atom. The standard InChI is InChI=1S/C25H18N2O2/c1-2-21(28)29-25-18-13-7-6-12-17(18)24-23(22(25)16-10-4-3-5-11-16)19-14-8-9-15-20(19)26-27-24/h3-15H,2H2,1H3. The van der Waals surface area contributed by atoms with Crippen LogP contribution in [0.5, 0.6) is 5.75 Å². The molecule has 0 atom stereocenters. The molecule has 0 saturated heterocycles. The zero-order valence-corrected chi connectivity index (χ0v) is 15.9. The number of benzene rings is 4. The van der Waals surface area contributed by atoms with Crippen molar-refractivity contribution < 1.29 is 9.53 Å². The number of nitrogens with zero attached hydrogens (tertiary/aromatic N) is 2. The summed E-state index contributed by atoms with van der Waals surface area (Å²) in [5.41, 5.74) is 3.45. The Morgan fingerprint density at radius 2 is 1.45 bits per heavy atom. The molecule has 140 valence electrons. The number of esters is 1. The van der Waals surface area contributed by atoms with Crippen LogP contribution >= 0.6 is 0 Å². The Balaban J connectivity index is 2.06. The van der Waals surface area contributed by atoms with Crippen LogP contribution in [0.2, 0.25) is 0 Å². The van der Waals surface area contributed by atoms with Crippen LogP contribution in [0.3, 0.4) is 0 Å². The quantitative estimate of drug-likeness (QED) is 0.222. The van der Waals surface area contributed by atoms with E-state index >= 15 is 0 Å². The van der Waals surface area contributed by atoms with Crippen LogP contribution in [-0.2, 0) is 4.79 Å². The van der Waals surface area contributed by atoms with Gasteiger partial charge >= 0.3 is 5.97 Å². The van der Waals surface area contributed by atoms with Crippen molar-refractivity contribution in [1.29, 1.82) is 0 Å². The molecule has 0 unspecified atom stereocenters. The van der Waals surface area contributed by atoms with E-state index in [0.29, 0.717) is 12.2 Å². The Hall–Kier alpha value is -3.79. The minimum atomic E-state index is -0.266. The molecule has 0 fully saturated rings. The molecular formula is C25H18N2O2. The van der Waals surface area contributed by atoms with Gasteiger partial charge in [-0.2, -0.15) is 0 Å². The van der Waals surface area contributed by atoms with Gasteiger partial charge in [-0.15, -0.1) is 10.2 Å². The first kappa shape index (κ1) is 17.3. The van der Waals surface area contributed by atoms with Crippen LogP contribution in [-0.4, -0.2) is 16.2 Å². The third-order valence-corrected chi connectivity index (χ3v) is 5.14. The summed E-state index contributed by atoms with van der Waals surface area (Å²) in [6.45, 7) is 1.80. The van der Waals surface area contributed by atoms with E-state index in [9.17, 15) is 4.79 Å². The van der Waals surface area contributed by atoms with Crippen molar-refractivity contribution >= 4 is 38.5 Å². The monoisotopic (exact) mass is 378 g/mol. The first-order valence-electron chi connectivity index (χ1n) is 9.64. The van der Waals surface area contributed by atoms with Gasteiger partial charge in [0, 0.05) is 33.5 Å². The van der Waals surface area contributed by atoms with E-state index in [4.69, 9.17) is 4.74 Å². The van der Waals surface area contributed by atoms with Gasteiger partial charge in [0.1, 0.15) is 11.3 Å². The minimum Gasteiger partial charge on any atom is -0.425 e. The molecule has 5 aromatic rings. The summed E-state index contributed by atoms with van der Waals surface area (Å²) in [5.74, 6) is 0.308. The van der Waals surface area contributed by atoms with Crippen molar-refractivity contribution in [3.05, 3.63) is 78.9 Å². The molecule has 0 N–H and O–H groups in total. The molecule has 4 nitrogen and oxygen atoms in total. The van der Waals surface area contributed by atoms with Crippen molar-refractivity contribution in [2.45, 2.75) is 13.3 Å². The average Bonchev–Trinajstić information content (AvgIpc) is 2.79. The van der Waals surface area contributed by atoms with Gasteiger partial charge in [-0.25, -0.2) is 0 Å². The third-order valence-electron chi connectivity index (χ3n) is 5.14. The predicted molar refractivity (Wildman–Crippen MR) is 116 cm³/mol. The summed E-state index contributed by atoms with van der Waals surface area (Å²) in [6, 6.07) is 25.8. The van der Waals surface area contributed by atoms with E-state index < -0.39 is 0 Å². The molecule has 0 radical (unpaired) electrons. The van der Waals surface area contributed by atoms with Crippen LogP contribution < -0.4 is 4.74 Å². The predicted octanol–water partition coefficient (Wildman–Crippen LogP) is 5.92. The van der Waals surface area contributed by atoms with E-state index in [2.05, 4.69) is 10.2 Å². The Kier molecular flexibility index (Phi) is 4.17. The molecule has 0 spiro atoms. The number of carbonyl (C=O) groups excluding carboxylic acids is 1. The highest BCUT2D eigenvalue weighted by Gasteiger charge is 2.21. The van der Waals surface area contributed by atoms with Crippen molar-refractivity contribution in [3.63, 3.8) is 0 Å². The average molecular weight is 378 g/mol. The second-order valence-corrected chi connectivity index (χ2v) is 6.88. The van der Waals surface area contributed by atoms with Crippen LogP contribution in [0.15, 0.2) is 78.9 Å². The van der Waals surface area contributed by atoms with Gasteiger partial charge in [-0.1, -0.05) is 79.7 Å².